The fourth-order valence-corrected chi connectivity index (χ4v) is 2.69. The molecule has 23 heavy (non-hydrogen) atoms. The first kappa shape index (κ1) is 15.3. The minimum absolute atomic E-state index is 0.137. The molecule has 2 aromatic rings. The van der Waals surface area contributed by atoms with Gasteiger partial charge in [0.15, 0.2) is 5.15 Å². The molecule has 0 saturated heterocycles. The highest BCUT2D eigenvalue weighted by Crippen LogP contribution is 2.29. The lowest BCUT2D eigenvalue weighted by Crippen LogP contribution is -2.33. The Bertz CT molecular complexity index is 778. The minimum Gasteiger partial charge on any atom is -0.355 e. The Balaban J connectivity index is 1.82. The van der Waals surface area contributed by atoms with Gasteiger partial charge in [0.1, 0.15) is 0 Å². The van der Waals surface area contributed by atoms with Crippen molar-refractivity contribution >= 4 is 34.9 Å². The molecule has 6 nitrogen and oxygen atoms in total. The normalized spacial score (nSPS) is 12.7. The number of carbonyl (C=O) groups is 2. The average molecular weight is 331 g/mol. The molecule has 0 atom stereocenters. The van der Waals surface area contributed by atoms with Crippen LogP contribution in [0.4, 0.5) is 16.2 Å². The number of urea groups is 1. The summed E-state index contributed by atoms with van der Waals surface area (Å²) in [6.45, 7) is 0.603. The third-order valence-electron chi connectivity index (χ3n) is 3.70. The largest absolute Gasteiger partial charge is 0.355 e. The van der Waals surface area contributed by atoms with E-state index in [-0.39, 0.29) is 17.1 Å². The van der Waals surface area contributed by atoms with Gasteiger partial charge >= 0.3 is 6.03 Å². The van der Waals surface area contributed by atoms with Crippen LogP contribution in [0.3, 0.4) is 0 Å². The molecule has 0 saturated carbocycles. The number of rotatable bonds is 2. The van der Waals surface area contributed by atoms with Crippen LogP contribution < -0.4 is 15.5 Å². The Morgan fingerprint density at radius 2 is 2.09 bits per heavy atom. The zero-order chi connectivity index (χ0) is 16.4. The molecule has 0 radical (unpaired) electrons. The van der Waals surface area contributed by atoms with Crippen LogP contribution in [0, 0.1) is 0 Å². The second kappa shape index (κ2) is 6.26. The lowest BCUT2D eigenvalue weighted by atomic mass is 10.2. The summed E-state index contributed by atoms with van der Waals surface area (Å²) in [5.41, 5.74) is 2.65. The van der Waals surface area contributed by atoms with E-state index in [0.29, 0.717) is 17.8 Å². The molecule has 2 heterocycles. The molecule has 2 N–H and O–H groups in total. The van der Waals surface area contributed by atoms with Gasteiger partial charge in [-0.3, -0.25) is 9.69 Å². The van der Waals surface area contributed by atoms with Gasteiger partial charge in [0.25, 0.3) is 5.91 Å². The number of pyridine rings is 1. The molecule has 118 valence electrons. The lowest BCUT2D eigenvalue weighted by molar-refractivity contribution is 0.0962. The molecule has 0 aliphatic carbocycles. The third-order valence-corrected chi connectivity index (χ3v) is 4.00. The van der Waals surface area contributed by atoms with Crippen molar-refractivity contribution in [2.75, 3.05) is 23.8 Å². The van der Waals surface area contributed by atoms with Gasteiger partial charge in [0, 0.05) is 25.5 Å². The topological polar surface area (TPSA) is 74.3 Å². The van der Waals surface area contributed by atoms with Crippen molar-refractivity contribution in [1.29, 1.82) is 0 Å². The summed E-state index contributed by atoms with van der Waals surface area (Å²) in [4.78, 5) is 29.8. The van der Waals surface area contributed by atoms with E-state index in [4.69, 9.17) is 11.6 Å². The smallest absolute Gasteiger partial charge is 0.326 e. The standard InChI is InChI=1S/C16H15ClN4O2/c1-18-15(22)11-8-12(14(17)19-9-11)20-16(23)21-7-6-10-4-2-3-5-13(10)21/h2-5,8-9H,6-7H2,1H3,(H,18,22)(H,20,23). The van der Waals surface area contributed by atoms with E-state index >= 15 is 0 Å². The summed E-state index contributed by atoms with van der Waals surface area (Å²) < 4.78 is 0. The van der Waals surface area contributed by atoms with Crippen LogP contribution in [-0.2, 0) is 6.42 Å². The van der Waals surface area contributed by atoms with Gasteiger partial charge < -0.3 is 10.6 Å². The SMILES string of the molecule is CNC(=O)c1cnc(Cl)c(NC(=O)N2CCc3ccccc32)c1. The minimum atomic E-state index is -0.298. The Morgan fingerprint density at radius 3 is 2.87 bits per heavy atom. The van der Waals surface area contributed by atoms with Gasteiger partial charge in [0.05, 0.1) is 11.3 Å². The summed E-state index contributed by atoms with van der Waals surface area (Å²) in [6.07, 6.45) is 2.18. The molecule has 0 fully saturated rings. The molecule has 0 spiro atoms. The Kier molecular flexibility index (Phi) is 4.16. The van der Waals surface area contributed by atoms with Gasteiger partial charge in [0.2, 0.25) is 0 Å². The van der Waals surface area contributed by atoms with E-state index in [1.54, 1.807) is 4.90 Å². The van der Waals surface area contributed by atoms with Crippen LogP contribution in [0.15, 0.2) is 36.5 Å². The zero-order valence-electron chi connectivity index (χ0n) is 12.5. The first-order valence-electron chi connectivity index (χ1n) is 7.14. The summed E-state index contributed by atoms with van der Waals surface area (Å²) in [5, 5.41) is 5.37. The fraction of sp³-hybridized carbons (Fsp3) is 0.188. The molecule has 3 rings (SSSR count). The van der Waals surface area contributed by atoms with E-state index in [9.17, 15) is 9.59 Å². The van der Waals surface area contributed by atoms with Crippen LogP contribution in [-0.4, -0.2) is 30.5 Å². The van der Waals surface area contributed by atoms with E-state index in [1.807, 2.05) is 24.3 Å². The summed E-state index contributed by atoms with van der Waals surface area (Å²) in [5.74, 6) is -0.295. The fourth-order valence-electron chi connectivity index (χ4n) is 2.54. The van der Waals surface area contributed by atoms with Crippen molar-refractivity contribution in [2.45, 2.75) is 6.42 Å². The predicted octanol–water partition coefficient (Wildman–Crippen LogP) is 2.69. The highest BCUT2D eigenvalue weighted by atomic mass is 35.5. The molecular formula is C16H15ClN4O2. The maximum absolute atomic E-state index is 12.5. The van der Waals surface area contributed by atoms with Gasteiger partial charge in [-0.05, 0) is 24.1 Å². The Morgan fingerprint density at radius 1 is 1.30 bits per heavy atom. The van der Waals surface area contributed by atoms with Crippen LogP contribution >= 0.6 is 11.6 Å². The molecule has 0 unspecified atom stereocenters. The van der Waals surface area contributed by atoms with Crippen LogP contribution in [0.25, 0.3) is 0 Å². The molecule has 1 aromatic carbocycles. The summed E-state index contributed by atoms with van der Waals surface area (Å²) in [6, 6.07) is 8.96. The predicted molar refractivity (Wildman–Crippen MR) is 89.1 cm³/mol. The van der Waals surface area contributed by atoms with E-state index < -0.39 is 0 Å². The summed E-state index contributed by atoms with van der Waals surface area (Å²) >= 11 is 6.02. The highest BCUT2D eigenvalue weighted by molar-refractivity contribution is 6.32. The average Bonchev–Trinajstić information content (AvgIpc) is 3.00. The quantitative estimate of drug-likeness (QED) is 0.831. The summed E-state index contributed by atoms with van der Waals surface area (Å²) in [7, 11) is 1.52. The van der Waals surface area contributed by atoms with Crippen LogP contribution in [0.2, 0.25) is 5.15 Å². The van der Waals surface area contributed by atoms with Crippen molar-refractivity contribution in [3.63, 3.8) is 0 Å². The Labute approximate surface area is 138 Å². The second-order valence-electron chi connectivity index (χ2n) is 5.10. The molecule has 3 amide bonds. The maximum Gasteiger partial charge on any atom is 0.326 e. The molecule has 1 aliphatic rings. The number of aromatic nitrogens is 1. The van der Waals surface area contributed by atoms with Gasteiger partial charge in [-0.2, -0.15) is 0 Å². The zero-order valence-corrected chi connectivity index (χ0v) is 13.2. The number of para-hydroxylation sites is 1. The number of fused-ring (bicyclic) bond motifs is 1. The molecular weight excluding hydrogens is 316 g/mol. The maximum atomic E-state index is 12.5. The first-order chi connectivity index (χ1) is 11.1. The molecule has 1 aromatic heterocycles. The van der Waals surface area contributed by atoms with Crippen molar-refractivity contribution in [3.05, 3.63) is 52.8 Å². The number of hydrogen-bond donors (Lipinski definition) is 2. The van der Waals surface area contributed by atoms with Crippen LogP contribution in [0.1, 0.15) is 15.9 Å². The third kappa shape index (κ3) is 2.98. The Hall–Kier alpha value is -2.60. The highest BCUT2D eigenvalue weighted by Gasteiger charge is 2.24. The van der Waals surface area contributed by atoms with Crippen molar-refractivity contribution < 1.29 is 9.59 Å². The second-order valence-corrected chi connectivity index (χ2v) is 5.46. The van der Waals surface area contributed by atoms with Gasteiger partial charge in [-0.25, -0.2) is 9.78 Å². The molecule has 7 heteroatoms. The van der Waals surface area contributed by atoms with E-state index in [0.717, 1.165) is 17.7 Å². The number of carbonyl (C=O) groups excluding carboxylic acids is 2. The first-order valence-corrected chi connectivity index (χ1v) is 7.52. The van der Waals surface area contributed by atoms with Gasteiger partial charge in [-0.15, -0.1) is 0 Å². The van der Waals surface area contributed by atoms with E-state index in [2.05, 4.69) is 15.6 Å². The molecule has 1 aliphatic heterocycles. The van der Waals surface area contributed by atoms with Crippen LogP contribution in [0.5, 0.6) is 0 Å². The van der Waals surface area contributed by atoms with Crippen molar-refractivity contribution in [1.82, 2.24) is 10.3 Å². The lowest BCUT2D eigenvalue weighted by Gasteiger charge is -2.18. The molecule has 0 bridgehead atoms. The number of anilines is 2. The van der Waals surface area contributed by atoms with Gasteiger partial charge in [-0.1, -0.05) is 29.8 Å². The number of hydrogen-bond acceptors (Lipinski definition) is 3. The number of amides is 3. The number of nitrogens with one attached hydrogen (secondary N) is 2. The van der Waals surface area contributed by atoms with Crippen molar-refractivity contribution in [2.24, 2.45) is 0 Å². The van der Waals surface area contributed by atoms with Crippen molar-refractivity contribution in [3.8, 4) is 0 Å². The number of benzene rings is 1. The number of nitrogens with zero attached hydrogens (tertiary/aromatic N) is 2. The monoisotopic (exact) mass is 330 g/mol. The number of halogens is 1. The van der Waals surface area contributed by atoms with E-state index in [1.165, 1.54) is 19.3 Å².